The molecule has 3 rings (SSSR count). The predicted octanol–water partition coefficient (Wildman–Crippen LogP) is 3.92. The number of Topliss-reactive ketones (excluding diaryl/α,β-unsaturated/α-hetero) is 1. The summed E-state index contributed by atoms with van der Waals surface area (Å²) in [4.78, 5) is 11.9. The molecule has 0 aliphatic heterocycles. The molecule has 0 saturated heterocycles. The average Bonchev–Trinajstić information content (AvgIpc) is 3.12. The number of hydrogen-bond donors (Lipinski definition) is 0. The van der Waals surface area contributed by atoms with Gasteiger partial charge >= 0.3 is 0 Å². The van der Waals surface area contributed by atoms with Crippen molar-refractivity contribution in [3.05, 3.63) is 58.6 Å². The fourth-order valence-electron chi connectivity index (χ4n) is 2.11. The van der Waals surface area contributed by atoms with Crippen LogP contribution in [-0.4, -0.2) is 10.4 Å². The number of aromatic nitrogens is 1. The van der Waals surface area contributed by atoms with E-state index in [0.717, 1.165) is 18.4 Å². The molecule has 0 N–H and O–H groups in total. The van der Waals surface area contributed by atoms with E-state index < -0.39 is 0 Å². The molecule has 1 fully saturated rings. The third-order valence-electron chi connectivity index (χ3n) is 3.35. The fourth-order valence-corrected chi connectivity index (χ4v) is 2.27. The number of benzene rings is 1. The first-order chi connectivity index (χ1) is 9.13. The molecule has 0 spiro atoms. The Morgan fingerprint density at radius 1 is 1.37 bits per heavy atom. The van der Waals surface area contributed by atoms with Crippen molar-refractivity contribution in [1.82, 2.24) is 4.57 Å². The average molecular weight is 278 g/mol. The number of nitrogens with zero attached hydrogens (tertiary/aromatic N) is 1. The van der Waals surface area contributed by atoms with Gasteiger partial charge in [0.1, 0.15) is 5.82 Å². The maximum Gasteiger partial charge on any atom is 0.167 e. The zero-order chi connectivity index (χ0) is 13.4. The van der Waals surface area contributed by atoms with Crippen LogP contribution in [0.5, 0.6) is 0 Å². The van der Waals surface area contributed by atoms with Crippen molar-refractivity contribution in [3.8, 4) is 0 Å². The number of carbonyl (C=O) groups is 1. The number of ketones is 1. The monoisotopic (exact) mass is 277 g/mol. The molecular formula is C15H13ClFNO. The quantitative estimate of drug-likeness (QED) is 0.777. The van der Waals surface area contributed by atoms with Gasteiger partial charge in [-0.25, -0.2) is 4.39 Å². The van der Waals surface area contributed by atoms with Crippen LogP contribution in [0.1, 0.15) is 28.8 Å². The summed E-state index contributed by atoms with van der Waals surface area (Å²) in [7, 11) is 0. The lowest BCUT2D eigenvalue weighted by Gasteiger charge is -2.05. The lowest BCUT2D eigenvalue weighted by Crippen LogP contribution is -2.02. The molecule has 1 aliphatic rings. The van der Waals surface area contributed by atoms with Gasteiger partial charge in [0, 0.05) is 41.0 Å². The first-order valence-electron chi connectivity index (χ1n) is 6.27. The third-order valence-corrected chi connectivity index (χ3v) is 3.59. The Morgan fingerprint density at radius 3 is 2.84 bits per heavy atom. The highest BCUT2D eigenvalue weighted by Gasteiger charge is 2.30. The van der Waals surface area contributed by atoms with E-state index in [9.17, 15) is 9.18 Å². The highest BCUT2D eigenvalue weighted by Crippen LogP contribution is 2.32. The Morgan fingerprint density at radius 2 is 2.16 bits per heavy atom. The molecule has 1 aromatic heterocycles. The maximum absolute atomic E-state index is 13.7. The second-order valence-electron chi connectivity index (χ2n) is 4.95. The third kappa shape index (κ3) is 2.71. The zero-order valence-electron chi connectivity index (χ0n) is 10.3. The molecule has 98 valence electrons. The molecule has 19 heavy (non-hydrogen) atoms. The molecule has 2 nitrogen and oxygen atoms in total. The normalized spacial score (nSPS) is 14.6. The van der Waals surface area contributed by atoms with E-state index in [-0.39, 0.29) is 17.5 Å². The molecule has 1 saturated carbocycles. The Balaban J connectivity index is 1.77. The second kappa shape index (κ2) is 4.82. The lowest BCUT2D eigenvalue weighted by atomic mass is 10.1. The summed E-state index contributed by atoms with van der Waals surface area (Å²) in [6, 6.07) is 6.44. The van der Waals surface area contributed by atoms with Gasteiger partial charge in [0.05, 0.1) is 0 Å². The SMILES string of the molecule is O=C(c1ccn(Cc2ccc(Cl)cc2F)c1)C1CC1. The molecular weight excluding hydrogens is 265 g/mol. The summed E-state index contributed by atoms with van der Waals surface area (Å²) in [5.74, 6) is 0.0923. The first-order valence-corrected chi connectivity index (χ1v) is 6.65. The predicted molar refractivity (Wildman–Crippen MR) is 72.0 cm³/mol. The van der Waals surface area contributed by atoms with Crippen LogP contribution in [0.4, 0.5) is 4.39 Å². The van der Waals surface area contributed by atoms with Gasteiger partial charge in [-0.05, 0) is 31.0 Å². The molecule has 2 aromatic rings. The summed E-state index contributed by atoms with van der Waals surface area (Å²) >= 11 is 5.72. The highest BCUT2D eigenvalue weighted by molar-refractivity contribution is 6.30. The van der Waals surface area contributed by atoms with Crippen molar-refractivity contribution < 1.29 is 9.18 Å². The van der Waals surface area contributed by atoms with Crippen LogP contribution in [-0.2, 0) is 6.54 Å². The summed E-state index contributed by atoms with van der Waals surface area (Å²) in [6.07, 6.45) is 5.59. The van der Waals surface area contributed by atoms with Gasteiger partial charge in [0.15, 0.2) is 5.78 Å². The minimum Gasteiger partial charge on any atom is -0.349 e. The second-order valence-corrected chi connectivity index (χ2v) is 5.38. The Hall–Kier alpha value is -1.61. The summed E-state index contributed by atoms with van der Waals surface area (Å²) in [5, 5.41) is 0.387. The van der Waals surface area contributed by atoms with E-state index >= 15 is 0 Å². The Labute approximate surface area is 115 Å². The largest absolute Gasteiger partial charge is 0.349 e. The topological polar surface area (TPSA) is 22.0 Å². The first kappa shape index (κ1) is 12.4. The van der Waals surface area contributed by atoms with Crippen LogP contribution in [0.25, 0.3) is 0 Å². The highest BCUT2D eigenvalue weighted by atomic mass is 35.5. The van der Waals surface area contributed by atoms with Crippen LogP contribution >= 0.6 is 11.6 Å². The number of hydrogen-bond acceptors (Lipinski definition) is 1. The van der Waals surface area contributed by atoms with Gasteiger partial charge in [0.2, 0.25) is 0 Å². The van der Waals surface area contributed by atoms with Crippen molar-refractivity contribution in [3.63, 3.8) is 0 Å². The molecule has 1 aliphatic carbocycles. The van der Waals surface area contributed by atoms with E-state index in [4.69, 9.17) is 11.6 Å². The molecule has 0 radical (unpaired) electrons. The zero-order valence-corrected chi connectivity index (χ0v) is 11.0. The molecule has 0 amide bonds. The van der Waals surface area contributed by atoms with E-state index in [2.05, 4.69) is 0 Å². The fraction of sp³-hybridized carbons (Fsp3) is 0.267. The van der Waals surface area contributed by atoms with Crippen LogP contribution in [0.3, 0.4) is 0 Å². The Bertz CT molecular complexity index is 631. The molecule has 4 heteroatoms. The van der Waals surface area contributed by atoms with Crippen molar-refractivity contribution >= 4 is 17.4 Å². The number of carbonyl (C=O) groups excluding carboxylic acids is 1. The van der Waals surface area contributed by atoms with Crippen molar-refractivity contribution in [2.45, 2.75) is 19.4 Å². The van der Waals surface area contributed by atoms with Crippen LogP contribution < -0.4 is 0 Å². The van der Waals surface area contributed by atoms with Gasteiger partial charge < -0.3 is 4.57 Å². The van der Waals surface area contributed by atoms with Crippen LogP contribution in [0, 0.1) is 11.7 Å². The van der Waals surface area contributed by atoms with Crippen molar-refractivity contribution in [2.75, 3.05) is 0 Å². The van der Waals surface area contributed by atoms with Gasteiger partial charge in [-0.2, -0.15) is 0 Å². The summed E-state index contributed by atoms with van der Waals surface area (Å²) in [6.45, 7) is 0.404. The summed E-state index contributed by atoms with van der Waals surface area (Å²) < 4.78 is 15.5. The molecule has 1 heterocycles. The molecule has 0 unspecified atom stereocenters. The van der Waals surface area contributed by atoms with Crippen LogP contribution in [0.2, 0.25) is 5.02 Å². The van der Waals surface area contributed by atoms with E-state index in [0.29, 0.717) is 17.1 Å². The molecule has 0 atom stereocenters. The number of halogens is 2. The van der Waals surface area contributed by atoms with E-state index in [1.54, 1.807) is 24.4 Å². The number of rotatable bonds is 4. The lowest BCUT2D eigenvalue weighted by molar-refractivity contribution is 0.0967. The molecule has 1 aromatic carbocycles. The van der Waals surface area contributed by atoms with E-state index in [1.807, 2.05) is 10.8 Å². The van der Waals surface area contributed by atoms with Gasteiger partial charge in [-0.15, -0.1) is 0 Å². The minimum atomic E-state index is -0.323. The van der Waals surface area contributed by atoms with Crippen LogP contribution in [0.15, 0.2) is 36.7 Å². The smallest absolute Gasteiger partial charge is 0.167 e. The van der Waals surface area contributed by atoms with Crippen molar-refractivity contribution in [1.29, 1.82) is 0 Å². The van der Waals surface area contributed by atoms with Gasteiger partial charge in [-0.1, -0.05) is 17.7 Å². The van der Waals surface area contributed by atoms with E-state index in [1.165, 1.54) is 6.07 Å². The Kier molecular flexibility index (Phi) is 3.15. The minimum absolute atomic E-state index is 0.204. The standard InChI is InChI=1S/C15H13ClFNO/c16-13-4-3-11(14(17)7-13)8-18-6-5-12(9-18)15(19)10-1-2-10/h3-7,9-10H,1-2,8H2. The summed E-state index contributed by atoms with van der Waals surface area (Å²) in [5.41, 5.74) is 1.28. The maximum atomic E-state index is 13.7. The molecule has 0 bridgehead atoms. The van der Waals surface area contributed by atoms with Gasteiger partial charge in [-0.3, -0.25) is 4.79 Å². The van der Waals surface area contributed by atoms with Crippen molar-refractivity contribution in [2.24, 2.45) is 5.92 Å². The van der Waals surface area contributed by atoms with Gasteiger partial charge in [0.25, 0.3) is 0 Å².